The Hall–Kier alpha value is -0.306. The van der Waals surface area contributed by atoms with Crippen LogP contribution in [0.4, 0.5) is 0 Å². The van der Waals surface area contributed by atoms with Crippen molar-refractivity contribution in [3.8, 4) is 0 Å². The van der Waals surface area contributed by atoms with E-state index in [2.05, 4.69) is 33.4 Å². The van der Waals surface area contributed by atoms with Crippen LogP contribution < -0.4 is 5.32 Å². The normalized spacial score (nSPS) is 32.4. The topological polar surface area (TPSA) is 15.3 Å². The van der Waals surface area contributed by atoms with Crippen LogP contribution in [0.1, 0.15) is 6.42 Å². The molecule has 2 bridgehead atoms. The molecule has 2 aliphatic heterocycles. The summed E-state index contributed by atoms with van der Waals surface area (Å²) in [4.78, 5) is 2.32. The molecule has 0 amide bonds. The molecule has 2 heterocycles. The van der Waals surface area contributed by atoms with Gasteiger partial charge in [-0.15, -0.1) is 0 Å². The Kier molecular flexibility index (Phi) is 3.04. The standard InChI is InChI=1S/C10H13N2.V/c1-2-3-4-5-12-8-9-6-10(12)7-11-9;/h1-4,9-11H,6-8H2;/q-1;/b3-2-;. The molecule has 0 aromatic rings. The van der Waals surface area contributed by atoms with E-state index >= 15 is 0 Å². The second kappa shape index (κ2) is 4.27. The molecule has 0 aliphatic carbocycles. The number of rotatable bonds is 3. The van der Waals surface area contributed by atoms with E-state index < -0.39 is 0 Å². The number of likely N-dealkylation sites (tertiary alicyclic amines) is 1. The number of nitrogens with zero attached hydrogens (tertiary/aromatic N) is 1. The summed E-state index contributed by atoms with van der Waals surface area (Å²) in [5.41, 5.74) is 0. The van der Waals surface area contributed by atoms with E-state index in [9.17, 15) is 0 Å². The van der Waals surface area contributed by atoms with Gasteiger partial charge < -0.3 is 0 Å². The molecule has 0 aromatic heterocycles. The molecule has 69 valence electrons. The molecule has 0 aromatic carbocycles. The zero-order chi connectivity index (χ0) is 9.10. The summed E-state index contributed by atoms with van der Waals surface area (Å²) in [6.07, 6.45) is 10.6. The Morgan fingerprint density at radius 2 is 2.38 bits per heavy atom. The van der Waals surface area contributed by atoms with Crippen LogP contribution in [0.25, 0.3) is 0 Å². The molecule has 0 radical (unpaired) electrons. The molecular weight excluding hydrogens is 199 g/mol. The van der Waals surface area contributed by atoms with Crippen molar-refractivity contribution in [2.75, 3.05) is 13.1 Å². The zero-order valence-electron chi connectivity index (χ0n) is 7.48. The molecule has 2 aliphatic rings. The number of nitrogens with one attached hydrogen (secondary N) is 1. The third-order valence-corrected chi connectivity index (χ3v) is 2.86. The van der Waals surface area contributed by atoms with Gasteiger partial charge in [-0.2, -0.15) is 0 Å². The fourth-order valence-corrected chi connectivity index (χ4v) is 2.12. The predicted octanol–water partition coefficient (Wildman–Crippen LogP) is 0.255. The van der Waals surface area contributed by atoms with E-state index in [1.54, 1.807) is 0 Å². The number of fused-ring (bicyclic) bond motifs is 2. The van der Waals surface area contributed by atoms with E-state index in [-0.39, 0.29) is 0 Å². The van der Waals surface area contributed by atoms with Gasteiger partial charge in [-0.3, -0.25) is 0 Å². The van der Waals surface area contributed by atoms with Crippen molar-refractivity contribution in [2.24, 2.45) is 0 Å². The number of piperazine rings is 1. The Labute approximate surface area is 88.2 Å². The van der Waals surface area contributed by atoms with E-state index in [0.717, 1.165) is 13.1 Å². The third kappa shape index (κ3) is 2.13. The van der Waals surface area contributed by atoms with Gasteiger partial charge in [-0.25, -0.2) is 0 Å². The van der Waals surface area contributed by atoms with Gasteiger partial charge in [0.1, 0.15) is 0 Å². The molecule has 2 fully saturated rings. The first-order chi connectivity index (χ1) is 6.40. The molecule has 2 nitrogen and oxygen atoms in total. The minimum atomic E-state index is 0.691. The van der Waals surface area contributed by atoms with Crippen molar-refractivity contribution in [3.63, 3.8) is 0 Å². The summed E-state index contributed by atoms with van der Waals surface area (Å²) in [6.45, 7) is 2.26. The van der Waals surface area contributed by atoms with Gasteiger partial charge in [0.2, 0.25) is 0 Å². The number of hydrogen-bond acceptors (Lipinski definition) is 2. The van der Waals surface area contributed by atoms with Gasteiger partial charge in [-0.05, 0) is 0 Å². The van der Waals surface area contributed by atoms with Crippen molar-refractivity contribution in [3.05, 3.63) is 24.4 Å². The minimum absolute atomic E-state index is 0.691. The SMILES string of the molecule is [V]=[CH]/C=C\C=[C-]N1CC2CC1CN2. The van der Waals surface area contributed by atoms with Crippen LogP contribution in [0.3, 0.4) is 0 Å². The Bertz CT molecular complexity index is 247. The van der Waals surface area contributed by atoms with Crippen LogP contribution in [0, 0.1) is 6.20 Å². The number of hydrogen-bond donors (Lipinski definition) is 1. The molecule has 2 unspecified atom stereocenters. The zero-order valence-corrected chi connectivity index (χ0v) is 8.88. The summed E-state index contributed by atoms with van der Waals surface area (Å²) in [5.74, 6) is 0. The maximum atomic E-state index is 3.47. The molecule has 3 heteroatoms. The average Bonchev–Trinajstić information content (AvgIpc) is 2.73. The molecule has 0 saturated carbocycles. The van der Waals surface area contributed by atoms with Crippen LogP contribution in [0.2, 0.25) is 0 Å². The van der Waals surface area contributed by atoms with Crippen molar-refractivity contribution in [1.29, 1.82) is 0 Å². The average molecular weight is 212 g/mol. The summed E-state index contributed by atoms with van der Waals surface area (Å²) in [7, 11) is 0. The van der Waals surface area contributed by atoms with E-state index in [4.69, 9.17) is 0 Å². The van der Waals surface area contributed by atoms with E-state index in [1.807, 2.05) is 23.0 Å². The number of allylic oxidation sites excluding steroid dienone is 3. The first-order valence-corrected chi connectivity index (χ1v) is 5.43. The monoisotopic (exact) mass is 212 g/mol. The first kappa shape index (κ1) is 9.26. The van der Waals surface area contributed by atoms with Gasteiger partial charge in [-0.1, -0.05) is 0 Å². The molecule has 2 saturated heterocycles. The van der Waals surface area contributed by atoms with Crippen molar-refractivity contribution in [2.45, 2.75) is 18.5 Å². The van der Waals surface area contributed by atoms with Crippen molar-refractivity contribution in [1.82, 2.24) is 10.2 Å². The maximum absolute atomic E-state index is 3.47. The molecule has 13 heavy (non-hydrogen) atoms. The fourth-order valence-electron chi connectivity index (χ4n) is 1.96. The van der Waals surface area contributed by atoms with Gasteiger partial charge in [0.05, 0.1) is 0 Å². The quantitative estimate of drug-likeness (QED) is 0.533. The summed E-state index contributed by atoms with van der Waals surface area (Å²) >= 11 is 2.42. The molecule has 2 atom stereocenters. The van der Waals surface area contributed by atoms with Crippen LogP contribution in [0.15, 0.2) is 18.2 Å². The third-order valence-electron chi connectivity index (χ3n) is 2.59. The summed E-state index contributed by atoms with van der Waals surface area (Å²) in [5, 5.41) is 3.47. The fraction of sp³-hybridized carbons (Fsp3) is 0.500. The second-order valence-electron chi connectivity index (χ2n) is 3.48. The van der Waals surface area contributed by atoms with Crippen LogP contribution in [-0.4, -0.2) is 34.8 Å². The first-order valence-electron chi connectivity index (χ1n) is 4.62. The summed E-state index contributed by atoms with van der Waals surface area (Å²) in [6, 6.07) is 1.40. The molecular formula is C10H13N2V-. The van der Waals surface area contributed by atoms with Gasteiger partial charge in [0, 0.05) is 0 Å². The van der Waals surface area contributed by atoms with Gasteiger partial charge >= 0.3 is 87.9 Å². The summed E-state index contributed by atoms with van der Waals surface area (Å²) < 4.78 is 1.96. The van der Waals surface area contributed by atoms with Crippen LogP contribution >= 0.6 is 0 Å². The second-order valence-corrected chi connectivity index (χ2v) is 3.94. The molecule has 0 spiro atoms. The molecule has 1 N–H and O–H groups in total. The Morgan fingerprint density at radius 1 is 1.46 bits per heavy atom. The predicted molar refractivity (Wildman–Crippen MR) is 49.9 cm³/mol. The van der Waals surface area contributed by atoms with E-state index in [1.165, 1.54) is 6.42 Å². The Balaban J connectivity index is 1.86. The Morgan fingerprint density at radius 3 is 3.00 bits per heavy atom. The van der Waals surface area contributed by atoms with Crippen molar-refractivity contribution < 1.29 is 17.0 Å². The van der Waals surface area contributed by atoms with Gasteiger partial charge in [0.15, 0.2) is 0 Å². The molecule has 2 rings (SSSR count). The van der Waals surface area contributed by atoms with Crippen LogP contribution in [-0.2, 0) is 17.0 Å². The van der Waals surface area contributed by atoms with Crippen molar-refractivity contribution >= 4 is 4.73 Å². The van der Waals surface area contributed by atoms with E-state index in [0.29, 0.717) is 12.1 Å². The van der Waals surface area contributed by atoms with Crippen LogP contribution in [0.5, 0.6) is 0 Å². The van der Waals surface area contributed by atoms with Gasteiger partial charge in [0.25, 0.3) is 0 Å².